The van der Waals surface area contributed by atoms with Crippen molar-refractivity contribution >= 4 is 52.2 Å². The minimum atomic E-state index is -0.549. The number of nitrogens with zero attached hydrogens (tertiary/aromatic N) is 1. The van der Waals surface area contributed by atoms with Crippen molar-refractivity contribution < 1.29 is 14.0 Å². The van der Waals surface area contributed by atoms with Crippen molar-refractivity contribution in [2.24, 2.45) is 0 Å². The number of benzene rings is 2. The first kappa shape index (κ1) is 17.0. The van der Waals surface area contributed by atoms with E-state index in [1.165, 1.54) is 24.3 Å². The maximum atomic E-state index is 13.8. The molecule has 0 aromatic heterocycles. The highest BCUT2D eigenvalue weighted by Gasteiger charge is 2.35. The summed E-state index contributed by atoms with van der Waals surface area (Å²) in [4.78, 5) is 25.8. The summed E-state index contributed by atoms with van der Waals surface area (Å²) in [5, 5.41) is 0.343. The van der Waals surface area contributed by atoms with Gasteiger partial charge in [0.2, 0.25) is 0 Å². The van der Waals surface area contributed by atoms with E-state index in [-0.39, 0.29) is 22.0 Å². The summed E-state index contributed by atoms with van der Waals surface area (Å²) < 4.78 is 13.8. The second kappa shape index (κ2) is 6.97. The molecule has 0 spiro atoms. The lowest BCUT2D eigenvalue weighted by atomic mass is 10.2. The van der Waals surface area contributed by atoms with Crippen molar-refractivity contribution in [2.45, 2.75) is 6.54 Å². The summed E-state index contributed by atoms with van der Waals surface area (Å²) in [6, 6.07) is 11.1. The fourth-order valence-electron chi connectivity index (χ4n) is 2.19. The Morgan fingerprint density at radius 3 is 2.46 bits per heavy atom. The average Bonchev–Trinajstić information content (AvgIpc) is 2.80. The van der Waals surface area contributed by atoms with Gasteiger partial charge >= 0.3 is 0 Å². The molecule has 122 valence electrons. The summed E-state index contributed by atoms with van der Waals surface area (Å²) in [5.74, 6) is -1.02. The molecular formula is C17H10Cl2FNO2S. The molecule has 0 bridgehead atoms. The Kier molecular flexibility index (Phi) is 4.94. The highest BCUT2D eigenvalue weighted by Crippen LogP contribution is 2.35. The zero-order valence-electron chi connectivity index (χ0n) is 12.1. The molecule has 2 aromatic carbocycles. The van der Waals surface area contributed by atoms with E-state index in [0.29, 0.717) is 5.02 Å². The van der Waals surface area contributed by atoms with Crippen LogP contribution in [0.2, 0.25) is 10.0 Å². The fraction of sp³-hybridized carbons (Fsp3) is 0.0588. The molecule has 0 unspecified atom stereocenters. The molecule has 3 nitrogen and oxygen atoms in total. The van der Waals surface area contributed by atoms with Crippen molar-refractivity contribution in [3.8, 4) is 0 Å². The number of carbonyl (C=O) groups excluding carboxylic acids is 2. The van der Waals surface area contributed by atoms with Gasteiger partial charge in [-0.15, -0.1) is 0 Å². The Hall–Kier alpha value is -1.82. The number of hydrogen-bond acceptors (Lipinski definition) is 3. The van der Waals surface area contributed by atoms with Crippen molar-refractivity contribution in [3.63, 3.8) is 0 Å². The van der Waals surface area contributed by atoms with E-state index >= 15 is 0 Å². The molecule has 1 heterocycles. The van der Waals surface area contributed by atoms with Crippen LogP contribution >= 0.6 is 35.0 Å². The van der Waals surface area contributed by atoms with Gasteiger partial charge in [0.05, 0.1) is 16.5 Å². The lowest BCUT2D eigenvalue weighted by Crippen LogP contribution is -2.27. The molecule has 1 aliphatic rings. The van der Waals surface area contributed by atoms with Gasteiger partial charge in [0.1, 0.15) is 5.82 Å². The second-order valence-corrected chi connectivity index (χ2v) is 6.87. The summed E-state index contributed by atoms with van der Waals surface area (Å²) in [5.41, 5.74) is 0.864. The third kappa shape index (κ3) is 3.48. The van der Waals surface area contributed by atoms with Crippen LogP contribution in [0.25, 0.3) is 6.08 Å². The van der Waals surface area contributed by atoms with E-state index in [0.717, 1.165) is 22.2 Å². The minimum absolute atomic E-state index is 0.0937. The van der Waals surface area contributed by atoms with E-state index < -0.39 is 17.0 Å². The van der Waals surface area contributed by atoms with Crippen LogP contribution in [0.3, 0.4) is 0 Å². The predicted octanol–water partition coefficient (Wildman–Crippen LogP) is 5.37. The van der Waals surface area contributed by atoms with Crippen LogP contribution in [-0.4, -0.2) is 16.0 Å². The Morgan fingerprint density at radius 2 is 1.79 bits per heavy atom. The van der Waals surface area contributed by atoms with E-state index in [9.17, 15) is 14.0 Å². The Labute approximate surface area is 152 Å². The Bertz CT molecular complexity index is 832. The Balaban J connectivity index is 1.86. The lowest BCUT2D eigenvalue weighted by molar-refractivity contribution is -0.123. The maximum Gasteiger partial charge on any atom is 0.293 e. The maximum absolute atomic E-state index is 13.8. The molecule has 3 rings (SSSR count). The molecule has 0 N–H and O–H groups in total. The molecule has 1 aliphatic heterocycles. The smallest absolute Gasteiger partial charge is 0.268 e. The third-order valence-corrected chi connectivity index (χ3v) is 4.89. The van der Waals surface area contributed by atoms with Gasteiger partial charge in [-0.2, -0.15) is 0 Å². The first-order valence-electron chi connectivity index (χ1n) is 6.89. The highest BCUT2D eigenvalue weighted by molar-refractivity contribution is 8.18. The highest BCUT2D eigenvalue weighted by atomic mass is 35.5. The van der Waals surface area contributed by atoms with Gasteiger partial charge < -0.3 is 0 Å². The number of thioether (sulfide) groups is 1. The summed E-state index contributed by atoms with van der Waals surface area (Å²) >= 11 is 12.5. The topological polar surface area (TPSA) is 37.4 Å². The number of amides is 2. The van der Waals surface area contributed by atoms with E-state index in [2.05, 4.69) is 0 Å². The zero-order valence-corrected chi connectivity index (χ0v) is 14.5. The fourth-order valence-corrected chi connectivity index (χ4v) is 3.35. The standard InChI is InChI=1S/C17H10Cl2FNO2S/c18-11-6-4-10(5-7-11)9-21-16(22)15(24-17(21)23)8-12-13(19)2-1-3-14(12)20/h1-8H,9H2/b15-8+. The number of imide groups is 1. The second-order valence-electron chi connectivity index (χ2n) is 5.03. The molecule has 0 saturated carbocycles. The number of rotatable bonds is 3. The normalized spacial score (nSPS) is 16.3. The van der Waals surface area contributed by atoms with E-state index in [1.807, 2.05) is 0 Å². The van der Waals surface area contributed by atoms with Gasteiger partial charge in [0.25, 0.3) is 11.1 Å². The van der Waals surface area contributed by atoms with Crippen LogP contribution in [-0.2, 0) is 11.3 Å². The predicted molar refractivity (Wildman–Crippen MR) is 94.4 cm³/mol. The van der Waals surface area contributed by atoms with Crippen LogP contribution in [0, 0.1) is 5.82 Å². The Morgan fingerprint density at radius 1 is 1.08 bits per heavy atom. The molecule has 2 aromatic rings. The van der Waals surface area contributed by atoms with Crippen molar-refractivity contribution in [1.29, 1.82) is 0 Å². The van der Waals surface area contributed by atoms with Crippen molar-refractivity contribution in [2.75, 3.05) is 0 Å². The number of halogens is 3. The molecule has 0 radical (unpaired) electrons. The molecule has 2 amide bonds. The third-order valence-electron chi connectivity index (χ3n) is 3.40. The first-order valence-corrected chi connectivity index (χ1v) is 8.47. The van der Waals surface area contributed by atoms with E-state index in [4.69, 9.17) is 23.2 Å². The van der Waals surface area contributed by atoms with Crippen molar-refractivity contribution in [3.05, 3.63) is 74.4 Å². The van der Waals surface area contributed by atoms with Crippen molar-refractivity contribution in [1.82, 2.24) is 4.90 Å². The minimum Gasteiger partial charge on any atom is -0.268 e. The molecule has 0 atom stereocenters. The lowest BCUT2D eigenvalue weighted by Gasteiger charge is -2.12. The van der Waals surface area contributed by atoms with E-state index in [1.54, 1.807) is 24.3 Å². The van der Waals surface area contributed by atoms with Gasteiger partial charge in [-0.3, -0.25) is 14.5 Å². The number of hydrogen-bond donors (Lipinski definition) is 0. The average molecular weight is 382 g/mol. The SMILES string of the molecule is O=C1S/C(=C/c2c(F)cccc2Cl)C(=O)N1Cc1ccc(Cl)cc1. The molecule has 0 aliphatic carbocycles. The largest absolute Gasteiger partial charge is 0.293 e. The quantitative estimate of drug-likeness (QED) is 0.670. The monoisotopic (exact) mass is 381 g/mol. The van der Waals surface area contributed by atoms with Crippen LogP contribution in [0.4, 0.5) is 9.18 Å². The zero-order chi connectivity index (χ0) is 17.3. The van der Waals surface area contributed by atoms with Gasteiger partial charge in [0.15, 0.2) is 0 Å². The molecular weight excluding hydrogens is 372 g/mol. The van der Waals surface area contributed by atoms with Crippen LogP contribution in [0.15, 0.2) is 47.4 Å². The van der Waals surface area contributed by atoms with Gasteiger partial charge in [-0.25, -0.2) is 4.39 Å². The van der Waals surface area contributed by atoms with Gasteiger partial charge in [-0.1, -0.05) is 41.4 Å². The summed E-state index contributed by atoms with van der Waals surface area (Å²) in [7, 11) is 0. The number of carbonyl (C=O) groups is 2. The molecule has 24 heavy (non-hydrogen) atoms. The first-order chi connectivity index (χ1) is 11.5. The van der Waals surface area contributed by atoms with Gasteiger partial charge in [0, 0.05) is 10.6 Å². The van der Waals surface area contributed by atoms with Crippen LogP contribution in [0.1, 0.15) is 11.1 Å². The van der Waals surface area contributed by atoms with Crippen LogP contribution in [0.5, 0.6) is 0 Å². The molecule has 1 saturated heterocycles. The van der Waals surface area contributed by atoms with Crippen LogP contribution < -0.4 is 0 Å². The summed E-state index contributed by atoms with van der Waals surface area (Å²) in [6.07, 6.45) is 1.31. The molecule has 7 heteroatoms. The van der Waals surface area contributed by atoms with Gasteiger partial charge in [-0.05, 0) is 47.7 Å². The molecule has 1 fully saturated rings. The summed E-state index contributed by atoms with van der Waals surface area (Å²) in [6.45, 7) is 0.129.